The van der Waals surface area contributed by atoms with E-state index in [-0.39, 0.29) is 24.3 Å². The summed E-state index contributed by atoms with van der Waals surface area (Å²) >= 11 is 0. The first-order chi connectivity index (χ1) is 13.9. The molecule has 29 heavy (non-hydrogen) atoms. The molecule has 1 aliphatic rings. The van der Waals surface area contributed by atoms with E-state index in [0.29, 0.717) is 17.9 Å². The van der Waals surface area contributed by atoms with Gasteiger partial charge in [0.2, 0.25) is 0 Å². The van der Waals surface area contributed by atoms with Crippen molar-refractivity contribution in [3.05, 3.63) is 55.9 Å². The van der Waals surface area contributed by atoms with Gasteiger partial charge < -0.3 is 19.6 Å². The molecule has 1 aliphatic heterocycles. The number of methoxy groups -OCH3 is 2. The minimum atomic E-state index is -1.31. The third kappa shape index (κ3) is 4.51. The van der Waals surface area contributed by atoms with Gasteiger partial charge >= 0.3 is 11.7 Å². The summed E-state index contributed by atoms with van der Waals surface area (Å²) in [5.41, 5.74) is -0.630. The molecule has 0 amide bonds. The Labute approximate surface area is 167 Å². The first-order valence-electron chi connectivity index (χ1n) is 9.47. The summed E-state index contributed by atoms with van der Waals surface area (Å²) in [6.07, 6.45) is 2.43. The number of hydrogen-bond donors (Lipinski definition) is 2. The summed E-state index contributed by atoms with van der Waals surface area (Å²) in [6, 6.07) is 5.37. The van der Waals surface area contributed by atoms with Gasteiger partial charge in [-0.3, -0.25) is 14.3 Å². The van der Waals surface area contributed by atoms with Crippen molar-refractivity contribution < 1.29 is 19.4 Å². The largest absolute Gasteiger partial charge is 0.493 e. The van der Waals surface area contributed by atoms with Crippen molar-refractivity contribution in [3.8, 4) is 11.5 Å². The lowest BCUT2D eigenvalue weighted by molar-refractivity contribution is 0.0686. The molecular weight excluding hydrogens is 378 g/mol. The molecule has 0 unspecified atom stereocenters. The highest BCUT2D eigenvalue weighted by Gasteiger charge is 2.22. The van der Waals surface area contributed by atoms with E-state index in [2.05, 4.69) is 4.98 Å². The van der Waals surface area contributed by atoms with Crippen LogP contribution in [0.25, 0.3) is 0 Å². The van der Waals surface area contributed by atoms with Gasteiger partial charge in [-0.1, -0.05) is 6.07 Å². The van der Waals surface area contributed by atoms with E-state index < -0.39 is 17.2 Å². The monoisotopic (exact) mass is 403 g/mol. The standard InChI is InChI=1S/C20H25N3O6/c1-28-15-6-5-13(11-16(15)29-2)7-10-23-18(24)14(12-22-8-3-4-9-22)17(19(25)26)21-20(23)27/h5-6,11H,3-4,7-10,12H2,1-2H3,(H,21,27)(H,25,26). The van der Waals surface area contributed by atoms with Crippen LogP contribution in [0.3, 0.4) is 0 Å². The highest BCUT2D eigenvalue weighted by molar-refractivity contribution is 5.86. The average molecular weight is 403 g/mol. The molecule has 1 aromatic carbocycles. The smallest absolute Gasteiger partial charge is 0.352 e. The second kappa shape index (κ2) is 8.95. The Bertz CT molecular complexity index is 1000. The lowest BCUT2D eigenvalue weighted by Gasteiger charge is -2.17. The molecular formula is C20H25N3O6. The Hall–Kier alpha value is -3.07. The zero-order valence-corrected chi connectivity index (χ0v) is 16.6. The first-order valence-corrected chi connectivity index (χ1v) is 9.47. The molecule has 0 saturated carbocycles. The fourth-order valence-electron chi connectivity index (χ4n) is 3.59. The quantitative estimate of drug-likeness (QED) is 0.678. The minimum Gasteiger partial charge on any atom is -0.493 e. The summed E-state index contributed by atoms with van der Waals surface area (Å²) in [4.78, 5) is 41.3. The van der Waals surface area contributed by atoms with E-state index in [1.54, 1.807) is 19.2 Å². The molecule has 1 aromatic heterocycles. The van der Waals surface area contributed by atoms with Crippen LogP contribution < -0.4 is 20.7 Å². The molecule has 0 radical (unpaired) electrons. The molecule has 9 heteroatoms. The molecule has 0 atom stereocenters. The van der Waals surface area contributed by atoms with E-state index in [1.165, 1.54) is 7.11 Å². The SMILES string of the molecule is COc1ccc(CCn2c(=O)[nH]c(C(=O)O)c(CN3CCCC3)c2=O)cc1OC. The molecule has 0 spiro atoms. The molecule has 2 N–H and O–H groups in total. The van der Waals surface area contributed by atoms with Gasteiger partial charge in [-0.05, 0) is 50.0 Å². The highest BCUT2D eigenvalue weighted by Crippen LogP contribution is 2.27. The number of aromatic amines is 1. The Morgan fingerprint density at radius 1 is 1.14 bits per heavy atom. The number of carboxylic acid groups (broad SMARTS) is 1. The van der Waals surface area contributed by atoms with Crippen LogP contribution in [0.15, 0.2) is 27.8 Å². The van der Waals surface area contributed by atoms with Gasteiger partial charge in [0, 0.05) is 13.1 Å². The molecule has 9 nitrogen and oxygen atoms in total. The fraction of sp³-hybridized carbons (Fsp3) is 0.450. The normalized spacial score (nSPS) is 14.1. The Morgan fingerprint density at radius 2 is 1.83 bits per heavy atom. The number of benzene rings is 1. The molecule has 3 rings (SSSR count). The number of rotatable bonds is 8. The molecule has 0 aliphatic carbocycles. The number of aromatic nitrogens is 2. The van der Waals surface area contributed by atoms with Crippen molar-refractivity contribution in [2.24, 2.45) is 0 Å². The number of aryl methyl sites for hydroxylation is 1. The van der Waals surface area contributed by atoms with Gasteiger partial charge in [0.25, 0.3) is 5.56 Å². The number of carboxylic acids is 1. The number of nitrogens with zero attached hydrogens (tertiary/aromatic N) is 2. The van der Waals surface area contributed by atoms with Gasteiger partial charge in [0.05, 0.1) is 19.8 Å². The van der Waals surface area contributed by atoms with E-state index in [4.69, 9.17) is 9.47 Å². The van der Waals surface area contributed by atoms with E-state index in [9.17, 15) is 19.5 Å². The third-order valence-electron chi connectivity index (χ3n) is 5.15. The van der Waals surface area contributed by atoms with Gasteiger partial charge in [-0.15, -0.1) is 0 Å². The highest BCUT2D eigenvalue weighted by atomic mass is 16.5. The van der Waals surface area contributed by atoms with E-state index in [1.807, 2.05) is 11.0 Å². The predicted octanol–water partition coefficient (Wildman–Crippen LogP) is 1.09. The van der Waals surface area contributed by atoms with Crippen LogP contribution in [0.1, 0.15) is 34.5 Å². The Kier molecular flexibility index (Phi) is 6.38. The van der Waals surface area contributed by atoms with E-state index >= 15 is 0 Å². The van der Waals surface area contributed by atoms with Crippen LogP contribution in [0.2, 0.25) is 0 Å². The predicted molar refractivity (Wildman–Crippen MR) is 106 cm³/mol. The number of H-pyrrole nitrogens is 1. The fourth-order valence-corrected chi connectivity index (χ4v) is 3.59. The maximum absolute atomic E-state index is 13.0. The molecule has 0 bridgehead atoms. The third-order valence-corrected chi connectivity index (χ3v) is 5.15. The van der Waals surface area contributed by atoms with Gasteiger partial charge in [-0.25, -0.2) is 9.59 Å². The maximum Gasteiger partial charge on any atom is 0.352 e. The van der Waals surface area contributed by atoms with Crippen LogP contribution in [0.4, 0.5) is 0 Å². The van der Waals surface area contributed by atoms with Crippen LogP contribution in [0, 0.1) is 0 Å². The first kappa shape index (κ1) is 20.7. The zero-order chi connectivity index (χ0) is 21.0. The lowest BCUT2D eigenvalue weighted by Crippen LogP contribution is -2.41. The van der Waals surface area contributed by atoms with Crippen LogP contribution in [-0.2, 0) is 19.5 Å². The second-order valence-corrected chi connectivity index (χ2v) is 6.97. The number of carbonyl (C=O) groups is 1. The topological polar surface area (TPSA) is 114 Å². The number of aromatic carboxylic acids is 1. The second-order valence-electron chi connectivity index (χ2n) is 6.97. The van der Waals surface area contributed by atoms with Crippen molar-refractivity contribution in [3.63, 3.8) is 0 Å². The van der Waals surface area contributed by atoms with Crippen molar-refractivity contribution in [1.29, 1.82) is 0 Å². The summed E-state index contributed by atoms with van der Waals surface area (Å²) in [7, 11) is 3.08. The van der Waals surface area contributed by atoms with Gasteiger partial charge in [-0.2, -0.15) is 0 Å². The summed E-state index contributed by atoms with van der Waals surface area (Å²) < 4.78 is 11.6. The van der Waals surface area contributed by atoms with Crippen molar-refractivity contribution in [1.82, 2.24) is 14.5 Å². The number of hydrogen-bond acceptors (Lipinski definition) is 6. The summed E-state index contributed by atoms with van der Waals surface area (Å²) in [5.74, 6) is -0.160. The van der Waals surface area contributed by atoms with E-state index in [0.717, 1.165) is 36.1 Å². The number of nitrogens with one attached hydrogen (secondary N) is 1. The van der Waals surface area contributed by atoms with Crippen LogP contribution >= 0.6 is 0 Å². The van der Waals surface area contributed by atoms with Crippen LogP contribution in [0.5, 0.6) is 11.5 Å². The summed E-state index contributed by atoms with van der Waals surface area (Å²) in [5, 5.41) is 9.43. The average Bonchev–Trinajstić information content (AvgIpc) is 3.22. The molecule has 2 aromatic rings. The van der Waals surface area contributed by atoms with Crippen molar-refractivity contribution in [2.75, 3.05) is 27.3 Å². The maximum atomic E-state index is 13.0. The van der Waals surface area contributed by atoms with Crippen molar-refractivity contribution >= 4 is 5.97 Å². The number of likely N-dealkylation sites (tertiary alicyclic amines) is 1. The Morgan fingerprint density at radius 3 is 2.45 bits per heavy atom. The number of ether oxygens (including phenoxy) is 2. The molecule has 156 valence electrons. The minimum absolute atomic E-state index is 0.117. The van der Waals surface area contributed by atoms with Gasteiger partial charge in [0.15, 0.2) is 11.5 Å². The zero-order valence-electron chi connectivity index (χ0n) is 16.6. The summed E-state index contributed by atoms with van der Waals surface area (Å²) in [6.45, 7) is 1.96. The van der Waals surface area contributed by atoms with Crippen molar-refractivity contribution in [2.45, 2.75) is 32.4 Å². The van der Waals surface area contributed by atoms with Crippen LogP contribution in [-0.4, -0.2) is 52.8 Å². The van der Waals surface area contributed by atoms with Gasteiger partial charge in [0.1, 0.15) is 5.69 Å². The molecule has 1 saturated heterocycles. The Balaban J connectivity index is 1.90. The molecule has 1 fully saturated rings. The molecule has 2 heterocycles. The lowest BCUT2D eigenvalue weighted by atomic mass is 10.1.